The van der Waals surface area contributed by atoms with Crippen molar-refractivity contribution in [2.75, 3.05) is 27.2 Å². The van der Waals surface area contributed by atoms with Crippen LogP contribution in [0, 0.1) is 0 Å². The van der Waals surface area contributed by atoms with Gasteiger partial charge >= 0.3 is 6.03 Å². The van der Waals surface area contributed by atoms with Gasteiger partial charge in [0.25, 0.3) is 0 Å². The lowest BCUT2D eigenvalue weighted by Gasteiger charge is -2.20. The van der Waals surface area contributed by atoms with E-state index in [1.54, 1.807) is 35.2 Å². The van der Waals surface area contributed by atoms with Crippen molar-refractivity contribution < 1.29 is 9.59 Å². The fourth-order valence-corrected chi connectivity index (χ4v) is 2.75. The topological polar surface area (TPSA) is 52.7 Å². The van der Waals surface area contributed by atoms with Gasteiger partial charge in [-0.2, -0.15) is 0 Å². The number of amides is 3. The Morgan fingerprint density at radius 2 is 2.42 bits per heavy atom. The summed E-state index contributed by atoms with van der Waals surface area (Å²) in [4.78, 5) is 28.2. The standard InChI is InChI=1S/C13H19N3O2S/c1-15-8-6-11(12(15)17)14-13(18)16(2)7-5-10-4-3-9-19-10/h3-4,9,11H,5-8H2,1-2H3,(H,14,18)/t11-/m0/s1. The number of hydrogen-bond acceptors (Lipinski definition) is 3. The summed E-state index contributed by atoms with van der Waals surface area (Å²) in [6, 6.07) is 3.53. The Hall–Kier alpha value is -1.56. The Kier molecular flexibility index (Phi) is 4.42. The highest BCUT2D eigenvalue weighted by Crippen LogP contribution is 2.11. The molecule has 1 fully saturated rings. The molecule has 1 aliphatic heterocycles. The molecule has 1 atom stereocenters. The minimum absolute atomic E-state index is 0.00000630. The van der Waals surface area contributed by atoms with Crippen LogP contribution in [-0.4, -0.2) is 55.0 Å². The number of rotatable bonds is 4. The zero-order chi connectivity index (χ0) is 13.8. The van der Waals surface area contributed by atoms with E-state index in [0.29, 0.717) is 19.5 Å². The molecule has 0 spiro atoms. The van der Waals surface area contributed by atoms with Gasteiger partial charge in [0.15, 0.2) is 0 Å². The molecule has 6 heteroatoms. The number of likely N-dealkylation sites (N-methyl/N-ethyl adjacent to an activating group) is 2. The second kappa shape index (κ2) is 6.06. The smallest absolute Gasteiger partial charge is 0.317 e. The van der Waals surface area contributed by atoms with E-state index < -0.39 is 0 Å². The van der Waals surface area contributed by atoms with Crippen molar-refractivity contribution in [1.29, 1.82) is 0 Å². The summed E-state index contributed by atoms with van der Waals surface area (Å²) in [6.07, 6.45) is 1.54. The molecule has 1 aromatic rings. The van der Waals surface area contributed by atoms with Gasteiger partial charge in [0, 0.05) is 32.1 Å². The third-order valence-corrected chi connectivity index (χ3v) is 4.28. The molecule has 5 nitrogen and oxygen atoms in total. The molecule has 0 radical (unpaired) electrons. The SMILES string of the molecule is CN(CCc1cccs1)C(=O)N[C@H]1CCN(C)C1=O. The first-order valence-corrected chi connectivity index (χ1v) is 7.25. The lowest BCUT2D eigenvalue weighted by atomic mass is 10.2. The minimum atomic E-state index is -0.360. The molecular weight excluding hydrogens is 262 g/mol. The molecule has 2 heterocycles. The van der Waals surface area contributed by atoms with Crippen molar-refractivity contribution in [3.8, 4) is 0 Å². The maximum Gasteiger partial charge on any atom is 0.317 e. The van der Waals surface area contributed by atoms with Crippen LogP contribution in [-0.2, 0) is 11.2 Å². The predicted molar refractivity (Wildman–Crippen MR) is 75.2 cm³/mol. The molecule has 1 aliphatic rings. The molecule has 2 rings (SSSR count). The van der Waals surface area contributed by atoms with Gasteiger partial charge in [-0.1, -0.05) is 6.07 Å². The van der Waals surface area contributed by atoms with Gasteiger partial charge in [0.1, 0.15) is 6.04 Å². The monoisotopic (exact) mass is 281 g/mol. The molecule has 3 amide bonds. The van der Waals surface area contributed by atoms with E-state index >= 15 is 0 Å². The highest BCUT2D eigenvalue weighted by atomic mass is 32.1. The average molecular weight is 281 g/mol. The van der Waals surface area contributed by atoms with Gasteiger partial charge in [-0.3, -0.25) is 4.79 Å². The Bertz CT molecular complexity index is 447. The summed E-state index contributed by atoms with van der Waals surface area (Å²) in [5, 5.41) is 4.82. The van der Waals surface area contributed by atoms with Gasteiger partial charge < -0.3 is 15.1 Å². The van der Waals surface area contributed by atoms with Crippen LogP contribution in [0.3, 0.4) is 0 Å². The predicted octanol–water partition coefficient (Wildman–Crippen LogP) is 1.16. The molecule has 0 unspecified atom stereocenters. The van der Waals surface area contributed by atoms with Crippen molar-refractivity contribution in [3.63, 3.8) is 0 Å². The second-order valence-electron chi connectivity index (χ2n) is 4.80. The number of carbonyl (C=O) groups excluding carboxylic acids is 2. The maximum absolute atomic E-state index is 12.0. The molecule has 0 aromatic carbocycles. The van der Waals surface area contributed by atoms with Gasteiger partial charge in [0.2, 0.25) is 5.91 Å². The molecular formula is C13H19N3O2S. The number of thiophene rings is 1. The second-order valence-corrected chi connectivity index (χ2v) is 5.83. The Morgan fingerprint density at radius 3 is 3.00 bits per heavy atom. The molecule has 19 heavy (non-hydrogen) atoms. The number of likely N-dealkylation sites (tertiary alicyclic amines) is 1. The largest absolute Gasteiger partial charge is 0.344 e. The summed E-state index contributed by atoms with van der Waals surface area (Å²) in [5.41, 5.74) is 0. The summed E-state index contributed by atoms with van der Waals surface area (Å²) in [6.45, 7) is 1.37. The summed E-state index contributed by atoms with van der Waals surface area (Å²) in [5.74, 6) is 0.00000630. The summed E-state index contributed by atoms with van der Waals surface area (Å²) >= 11 is 1.69. The zero-order valence-electron chi connectivity index (χ0n) is 11.3. The first-order valence-electron chi connectivity index (χ1n) is 6.37. The Morgan fingerprint density at radius 1 is 1.63 bits per heavy atom. The Labute approximate surface area is 117 Å². The van der Waals surface area contributed by atoms with Gasteiger partial charge in [-0.25, -0.2) is 4.79 Å². The molecule has 1 saturated heterocycles. The first-order chi connectivity index (χ1) is 9.08. The van der Waals surface area contributed by atoms with Crippen molar-refractivity contribution >= 4 is 23.3 Å². The minimum Gasteiger partial charge on any atom is -0.344 e. The third-order valence-electron chi connectivity index (χ3n) is 3.35. The van der Waals surface area contributed by atoms with Crippen LogP contribution in [0.4, 0.5) is 4.79 Å². The van der Waals surface area contributed by atoms with E-state index in [2.05, 4.69) is 11.4 Å². The van der Waals surface area contributed by atoms with Gasteiger partial charge in [-0.15, -0.1) is 11.3 Å². The first kappa shape index (κ1) is 13.9. The van der Waals surface area contributed by atoms with Gasteiger partial charge in [0.05, 0.1) is 0 Å². The molecule has 1 N–H and O–H groups in total. The summed E-state index contributed by atoms with van der Waals surface area (Å²) in [7, 11) is 3.51. The van der Waals surface area contributed by atoms with Crippen molar-refractivity contribution in [2.45, 2.75) is 18.9 Å². The fraction of sp³-hybridized carbons (Fsp3) is 0.538. The maximum atomic E-state index is 12.0. The molecule has 1 aromatic heterocycles. The number of carbonyl (C=O) groups is 2. The number of hydrogen-bond donors (Lipinski definition) is 1. The molecule has 0 aliphatic carbocycles. The van der Waals surface area contributed by atoms with Crippen molar-refractivity contribution in [1.82, 2.24) is 15.1 Å². The van der Waals surface area contributed by atoms with E-state index in [4.69, 9.17) is 0 Å². The average Bonchev–Trinajstić information content (AvgIpc) is 3.01. The van der Waals surface area contributed by atoms with Crippen LogP contribution >= 0.6 is 11.3 Å². The van der Waals surface area contributed by atoms with Crippen molar-refractivity contribution in [2.24, 2.45) is 0 Å². The van der Waals surface area contributed by atoms with E-state index in [1.807, 2.05) is 11.4 Å². The van der Waals surface area contributed by atoms with Gasteiger partial charge in [-0.05, 0) is 24.3 Å². The van der Waals surface area contributed by atoms with E-state index in [1.165, 1.54) is 4.88 Å². The Balaban J connectivity index is 1.78. The number of nitrogens with zero attached hydrogens (tertiary/aromatic N) is 2. The molecule has 104 valence electrons. The van der Waals surface area contributed by atoms with Crippen LogP contribution in [0.15, 0.2) is 17.5 Å². The lowest BCUT2D eigenvalue weighted by Crippen LogP contribution is -2.46. The molecule has 0 saturated carbocycles. The number of nitrogens with one attached hydrogen (secondary N) is 1. The van der Waals surface area contributed by atoms with E-state index in [9.17, 15) is 9.59 Å². The number of urea groups is 1. The highest BCUT2D eigenvalue weighted by molar-refractivity contribution is 7.09. The van der Waals surface area contributed by atoms with Crippen LogP contribution in [0.5, 0.6) is 0 Å². The zero-order valence-corrected chi connectivity index (χ0v) is 12.1. The third kappa shape index (κ3) is 3.47. The lowest BCUT2D eigenvalue weighted by molar-refractivity contribution is -0.128. The quantitative estimate of drug-likeness (QED) is 0.900. The van der Waals surface area contributed by atoms with Crippen LogP contribution in [0.25, 0.3) is 0 Å². The van der Waals surface area contributed by atoms with E-state index in [-0.39, 0.29) is 18.0 Å². The molecule has 0 bridgehead atoms. The van der Waals surface area contributed by atoms with Crippen LogP contribution < -0.4 is 5.32 Å². The van der Waals surface area contributed by atoms with Crippen LogP contribution in [0.2, 0.25) is 0 Å². The van der Waals surface area contributed by atoms with Crippen molar-refractivity contribution in [3.05, 3.63) is 22.4 Å². The van der Waals surface area contributed by atoms with E-state index in [0.717, 1.165) is 6.42 Å². The normalized spacial score (nSPS) is 18.7. The summed E-state index contributed by atoms with van der Waals surface area (Å²) < 4.78 is 0. The highest BCUT2D eigenvalue weighted by Gasteiger charge is 2.30. The van der Waals surface area contributed by atoms with Crippen LogP contribution in [0.1, 0.15) is 11.3 Å². The fourth-order valence-electron chi connectivity index (χ4n) is 2.05.